The lowest BCUT2D eigenvalue weighted by Crippen LogP contribution is -2.65. The first-order valence-corrected chi connectivity index (χ1v) is 11.5. The van der Waals surface area contributed by atoms with Crippen LogP contribution in [0.15, 0.2) is 0 Å². The Morgan fingerprint density at radius 2 is 1.36 bits per heavy atom. The number of rotatable bonds is 17. The van der Waals surface area contributed by atoms with Crippen LogP contribution in [0, 0.1) is 11.8 Å². The molecule has 3 unspecified atom stereocenters. The van der Waals surface area contributed by atoms with Gasteiger partial charge in [-0.15, -0.1) is 0 Å². The quantitative estimate of drug-likeness (QED) is 0.115. The molecule has 6 nitrogen and oxygen atoms in total. The Bertz CT molecular complexity index is 691. The van der Waals surface area contributed by atoms with Gasteiger partial charge in [-0.05, 0) is 25.2 Å². The lowest BCUT2D eigenvalue weighted by Gasteiger charge is -2.41. The molecule has 0 aliphatic heterocycles. The molecule has 0 aromatic carbocycles. The topological polar surface area (TPSA) is 98.7 Å². The Labute approximate surface area is 203 Å². The van der Waals surface area contributed by atoms with E-state index in [1.54, 1.807) is 12.2 Å². The Morgan fingerprint density at radius 3 is 1.81 bits per heavy atom. The highest BCUT2D eigenvalue weighted by molar-refractivity contribution is 5.65. The standard InChI is InChI=1S/C21H33F9N2O4/c1-3-5-9-13(4-2)12-14(18(22,23)19(24,25)20(26,27)21(28,29)30)15(32-17(35)36)10-7-6-8-11-31-16(33)34/h13-15,31-32H,3-12H2,1-2H3,(H,33,34)(H,35,36). The van der Waals surface area contributed by atoms with Crippen molar-refractivity contribution >= 4 is 12.2 Å². The molecule has 0 fully saturated rings. The number of unbranched alkanes of at least 4 members (excludes halogenated alkanes) is 3. The molecule has 0 aliphatic rings. The van der Waals surface area contributed by atoms with Crippen molar-refractivity contribution in [1.29, 1.82) is 0 Å². The van der Waals surface area contributed by atoms with Gasteiger partial charge in [0.1, 0.15) is 0 Å². The zero-order valence-corrected chi connectivity index (χ0v) is 19.9. The molecule has 36 heavy (non-hydrogen) atoms. The van der Waals surface area contributed by atoms with Crippen molar-refractivity contribution in [3.63, 3.8) is 0 Å². The summed E-state index contributed by atoms with van der Waals surface area (Å²) in [5.41, 5.74) is 0. The minimum absolute atomic E-state index is 0.0588. The first-order chi connectivity index (χ1) is 16.4. The van der Waals surface area contributed by atoms with Crippen LogP contribution in [-0.2, 0) is 0 Å². The highest BCUT2D eigenvalue weighted by atomic mass is 19.4. The molecule has 4 N–H and O–H groups in total. The second-order valence-electron chi connectivity index (χ2n) is 8.67. The zero-order valence-electron chi connectivity index (χ0n) is 19.9. The number of hydrogen-bond donors (Lipinski definition) is 4. The van der Waals surface area contributed by atoms with E-state index in [4.69, 9.17) is 10.2 Å². The van der Waals surface area contributed by atoms with Crippen LogP contribution in [-0.4, -0.2) is 58.9 Å². The van der Waals surface area contributed by atoms with E-state index in [1.165, 1.54) is 6.92 Å². The normalized spacial score (nSPS) is 15.8. The fraction of sp³-hybridized carbons (Fsp3) is 0.905. The van der Waals surface area contributed by atoms with Crippen LogP contribution >= 0.6 is 0 Å². The van der Waals surface area contributed by atoms with Gasteiger partial charge in [-0.25, -0.2) is 9.59 Å². The second kappa shape index (κ2) is 14.0. The molecule has 0 aromatic heterocycles. The van der Waals surface area contributed by atoms with E-state index in [0.29, 0.717) is 12.8 Å². The average molecular weight is 548 g/mol. The molecule has 214 valence electrons. The van der Waals surface area contributed by atoms with Crippen molar-refractivity contribution in [2.24, 2.45) is 11.8 Å². The van der Waals surface area contributed by atoms with Crippen molar-refractivity contribution < 1.29 is 59.3 Å². The van der Waals surface area contributed by atoms with E-state index in [0.717, 1.165) is 0 Å². The molecular formula is C21H33F9N2O4. The molecule has 15 heteroatoms. The van der Waals surface area contributed by atoms with Gasteiger partial charge in [0.25, 0.3) is 0 Å². The second-order valence-corrected chi connectivity index (χ2v) is 8.67. The van der Waals surface area contributed by atoms with E-state index >= 15 is 8.78 Å². The van der Waals surface area contributed by atoms with E-state index in [2.05, 4.69) is 0 Å². The number of nitrogens with one attached hydrogen (secondary N) is 2. The third-order valence-electron chi connectivity index (χ3n) is 6.03. The SMILES string of the molecule is CCCCC(CC)CC(C(CCCCCNC(=O)O)NC(=O)O)C(F)(F)C(F)(F)C(F)(F)C(F)(F)F. The summed E-state index contributed by atoms with van der Waals surface area (Å²) in [6.45, 7) is 3.19. The summed E-state index contributed by atoms with van der Waals surface area (Å²) >= 11 is 0. The van der Waals surface area contributed by atoms with Gasteiger partial charge < -0.3 is 20.8 Å². The number of carbonyl (C=O) groups is 2. The monoisotopic (exact) mass is 548 g/mol. The molecule has 0 bridgehead atoms. The molecule has 2 amide bonds. The van der Waals surface area contributed by atoms with E-state index in [1.807, 2.05) is 5.32 Å². The van der Waals surface area contributed by atoms with Crippen molar-refractivity contribution in [2.45, 2.75) is 102 Å². The Morgan fingerprint density at radius 1 is 0.778 bits per heavy atom. The highest BCUT2D eigenvalue weighted by Crippen LogP contribution is 2.57. The minimum Gasteiger partial charge on any atom is -0.465 e. The molecule has 0 rings (SSSR count). The van der Waals surface area contributed by atoms with Gasteiger partial charge >= 0.3 is 36.1 Å². The summed E-state index contributed by atoms with van der Waals surface area (Å²) in [5, 5.41) is 21.2. The van der Waals surface area contributed by atoms with E-state index in [-0.39, 0.29) is 38.6 Å². The first-order valence-electron chi connectivity index (χ1n) is 11.5. The van der Waals surface area contributed by atoms with Crippen LogP contribution in [0.2, 0.25) is 0 Å². The van der Waals surface area contributed by atoms with Gasteiger partial charge in [0.15, 0.2) is 0 Å². The third kappa shape index (κ3) is 9.09. The lowest BCUT2D eigenvalue weighted by atomic mass is 9.76. The summed E-state index contributed by atoms with van der Waals surface area (Å²) < 4.78 is 124. The zero-order chi connectivity index (χ0) is 28.4. The highest BCUT2D eigenvalue weighted by Gasteiger charge is 2.83. The van der Waals surface area contributed by atoms with Crippen LogP contribution in [0.25, 0.3) is 0 Å². The van der Waals surface area contributed by atoms with Gasteiger partial charge in [0.05, 0.1) is 0 Å². The van der Waals surface area contributed by atoms with Crippen LogP contribution < -0.4 is 10.6 Å². The van der Waals surface area contributed by atoms with Crippen LogP contribution in [0.5, 0.6) is 0 Å². The van der Waals surface area contributed by atoms with Gasteiger partial charge in [0, 0.05) is 18.5 Å². The van der Waals surface area contributed by atoms with Gasteiger partial charge in [-0.2, -0.15) is 39.5 Å². The lowest BCUT2D eigenvalue weighted by molar-refractivity contribution is -0.404. The predicted molar refractivity (Wildman–Crippen MR) is 112 cm³/mol. The third-order valence-corrected chi connectivity index (χ3v) is 6.03. The summed E-state index contributed by atoms with van der Waals surface area (Å²) in [5.74, 6) is -23.5. The van der Waals surface area contributed by atoms with Crippen molar-refractivity contribution in [3.8, 4) is 0 Å². The molecule has 0 radical (unpaired) electrons. The number of hydrogen-bond acceptors (Lipinski definition) is 2. The molecule has 0 saturated heterocycles. The smallest absolute Gasteiger partial charge is 0.460 e. The number of halogens is 9. The maximum atomic E-state index is 15.1. The van der Waals surface area contributed by atoms with Gasteiger partial charge in [-0.1, -0.05) is 52.4 Å². The summed E-state index contributed by atoms with van der Waals surface area (Å²) in [6, 6.07) is -2.07. The fourth-order valence-electron chi connectivity index (χ4n) is 3.92. The number of carboxylic acid groups (broad SMARTS) is 2. The summed E-state index contributed by atoms with van der Waals surface area (Å²) in [6.07, 6.45) is -10.3. The van der Waals surface area contributed by atoms with Crippen molar-refractivity contribution in [2.75, 3.05) is 6.54 Å². The van der Waals surface area contributed by atoms with Gasteiger partial charge in [-0.3, -0.25) is 0 Å². The summed E-state index contributed by atoms with van der Waals surface area (Å²) in [7, 11) is 0. The van der Waals surface area contributed by atoms with Crippen LogP contribution in [0.4, 0.5) is 49.1 Å². The Balaban J connectivity index is 6.22. The first kappa shape index (κ1) is 33.9. The van der Waals surface area contributed by atoms with Crippen LogP contribution in [0.1, 0.15) is 71.6 Å². The molecule has 0 aliphatic carbocycles. The number of amides is 2. The molecule has 0 heterocycles. The van der Waals surface area contributed by atoms with Crippen molar-refractivity contribution in [1.82, 2.24) is 10.6 Å². The van der Waals surface area contributed by atoms with Crippen molar-refractivity contribution in [3.05, 3.63) is 0 Å². The van der Waals surface area contributed by atoms with Gasteiger partial charge in [0.2, 0.25) is 0 Å². The predicted octanol–water partition coefficient (Wildman–Crippen LogP) is 7.14. The molecule has 0 saturated carbocycles. The van der Waals surface area contributed by atoms with E-state index in [9.17, 15) is 40.3 Å². The molecular weight excluding hydrogens is 515 g/mol. The Hall–Kier alpha value is -2.09. The van der Waals surface area contributed by atoms with E-state index < -0.39 is 66.8 Å². The fourth-order valence-corrected chi connectivity index (χ4v) is 3.92. The largest absolute Gasteiger partial charge is 0.465 e. The molecule has 0 spiro atoms. The molecule has 0 aromatic rings. The average Bonchev–Trinajstić information content (AvgIpc) is 2.73. The summed E-state index contributed by atoms with van der Waals surface area (Å²) in [4.78, 5) is 21.7. The molecule has 3 atom stereocenters. The minimum atomic E-state index is -7.08. The maximum absolute atomic E-state index is 15.1. The van der Waals surface area contributed by atoms with Crippen LogP contribution in [0.3, 0.4) is 0 Å². The Kier molecular flexibility index (Phi) is 13.2. The maximum Gasteiger partial charge on any atom is 0.460 e. The number of alkyl halides is 9.